The molecule has 1 N–H and O–H groups in total. The van der Waals surface area contributed by atoms with Crippen LogP contribution in [0.4, 0.5) is 0 Å². The quantitative estimate of drug-likeness (QED) is 0.838. The van der Waals surface area contributed by atoms with Gasteiger partial charge in [0.1, 0.15) is 5.41 Å². The Kier molecular flexibility index (Phi) is 5.17. The van der Waals surface area contributed by atoms with Crippen molar-refractivity contribution in [1.29, 1.82) is 0 Å². The molecule has 1 amide bonds. The van der Waals surface area contributed by atoms with Crippen LogP contribution < -0.4 is 0 Å². The number of likely N-dealkylation sites (tertiary alicyclic amines) is 1. The molecule has 4 rings (SSSR count). The van der Waals surface area contributed by atoms with Gasteiger partial charge < -0.3 is 14.7 Å². The molecular weight excluding hydrogens is 370 g/mol. The Morgan fingerprint density at radius 2 is 1.93 bits per heavy atom. The number of nitrogens with zero attached hydrogens (tertiary/aromatic N) is 3. The molecule has 1 fully saturated rings. The van der Waals surface area contributed by atoms with Gasteiger partial charge in [0.15, 0.2) is 5.69 Å². The molecule has 1 aromatic heterocycles. The van der Waals surface area contributed by atoms with E-state index < -0.39 is 11.4 Å². The third kappa shape index (κ3) is 3.44. The zero-order valence-corrected chi connectivity index (χ0v) is 17.0. The Morgan fingerprint density at radius 1 is 1.21 bits per heavy atom. The minimum Gasteiger partial charge on any atom is -0.481 e. The van der Waals surface area contributed by atoms with E-state index in [1.165, 1.54) is 12.7 Å². The zero-order valence-electron chi connectivity index (χ0n) is 17.0. The predicted molar refractivity (Wildman–Crippen MR) is 107 cm³/mol. The second kappa shape index (κ2) is 7.63. The summed E-state index contributed by atoms with van der Waals surface area (Å²) in [6.07, 6.45) is 4.24. The minimum absolute atomic E-state index is 0.0992. The number of carboxylic acid groups (broad SMARTS) is 1. The van der Waals surface area contributed by atoms with Crippen LogP contribution in [-0.4, -0.2) is 58.5 Å². The average Bonchev–Trinajstić information content (AvgIpc) is 3.32. The largest absolute Gasteiger partial charge is 0.481 e. The molecule has 1 atom stereocenters. The van der Waals surface area contributed by atoms with E-state index in [9.17, 15) is 14.7 Å². The molecule has 7 heteroatoms. The molecule has 1 aromatic carbocycles. The molecule has 2 aromatic rings. The molecule has 0 spiro atoms. The second-order valence-electron chi connectivity index (χ2n) is 8.22. The summed E-state index contributed by atoms with van der Waals surface area (Å²) in [5.74, 6) is -1.09. The lowest BCUT2D eigenvalue weighted by atomic mass is 9.88. The highest BCUT2D eigenvalue weighted by Gasteiger charge is 2.47. The number of carboxylic acids is 1. The van der Waals surface area contributed by atoms with Crippen LogP contribution in [0.15, 0.2) is 24.3 Å². The summed E-state index contributed by atoms with van der Waals surface area (Å²) in [4.78, 5) is 26.8. The fourth-order valence-electron chi connectivity index (χ4n) is 4.50. The first-order valence-electron chi connectivity index (χ1n) is 10.1. The minimum atomic E-state index is -1.04. The topological polar surface area (TPSA) is 84.7 Å². The molecule has 1 saturated heterocycles. The zero-order chi connectivity index (χ0) is 20.6. The Morgan fingerprint density at radius 3 is 2.62 bits per heavy atom. The highest BCUT2D eigenvalue weighted by atomic mass is 16.5. The van der Waals surface area contributed by atoms with Crippen molar-refractivity contribution >= 4 is 11.9 Å². The Balaban J connectivity index is 1.67. The number of aromatic nitrogens is 2. The van der Waals surface area contributed by atoms with Gasteiger partial charge in [0, 0.05) is 31.5 Å². The number of amides is 1. The monoisotopic (exact) mass is 397 g/mol. The number of methoxy groups -OCH3 is 1. The maximum Gasteiger partial charge on any atom is 0.313 e. The van der Waals surface area contributed by atoms with Gasteiger partial charge >= 0.3 is 5.97 Å². The van der Waals surface area contributed by atoms with Crippen molar-refractivity contribution in [3.8, 4) is 5.69 Å². The van der Waals surface area contributed by atoms with E-state index >= 15 is 0 Å². The van der Waals surface area contributed by atoms with Gasteiger partial charge in [-0.3, -0.25) is 9.59 Å². The number of hydrogen-bond donors (Lipinski definition) is 1. The maximum atomic E-state index is 13.3. The van der Waals surface area contributed by atoms with Crippen LogP contribution in [0, 0.1) is 12.3 Å². The summed E-state index contributed by atoms with van der Waals surface area (Å²) < 4.78 is 7.05. The normalized spacial score (nSPS) is 21.2. The lowest BCUT2D eigenvalue weighted by Crippen LogP contribution is -2.40. The molecule has 29 heavy (non-hydrogen) atoms. The van der Waals surface area contributed by atoms with Crippen LogP contribution in [0.3, 0.4) is 0 Å². The summed E-state index contributed by atoms with van der Waals surface area (Å²) in [6.45, 7) is 2.70. The van der Waals surface area contributed by atoms with Gasteiger partial charge in [-0.1, -0.05) is 17.7 Å². The summed E-state index contributed by atoms with van der Waals surface area (Å²) >= 11 is 0. The number of fused-ring (bicyclic) bond motifs is 1. The van der Waals surface area contributed by atoms with Crippen molar-refractivity contribution in [2.24, 2.45) is 5.41 Å². The van der Waals surface area contributed by atoms with E-state index in [-0.39, 0.29) is 19.1 Å². The first-order valence-corrected chi connectivity index (χ1v) is 10.1. The van der Waals surface area contributed by atoms with Crippen LogP contribution in [0.2, 0.25) is 0 Å². The van der Waals surface area contributed by atoms with Crippen molar-refractivity contribution in [3.63, 3.8) is 0 Å². The van der Waals surface area contributed by atoms with Gasteiger partial charge in [0.25, 0.3) is 5.91 Å². The van der Waals surface area contributed by atoms with E-state index in [4.69, 9.17) is 9.84 Å². The van der Waals surface area contributed by atoms with Gasteiger partial charge in [0.2, 0.25) is 0 Å². The molecule has 2 aliphatic rings. The number of carbonyl (C=O) groups excluding carboxylic acids is 1. The Bertz CT molecular complexity index is 934. The highest BCUT2D eigenvalue weighted by Crippen LogP contribution is 2.34. The summed E-state index contributed by atoms with van der Waals surface area (Å²) in [6, 6.07) is 8.13. The summed E-state index contributed by atoms with van der Waals surface area (Å²) in [5, 5.41) is 14.4. The van der Waals surface area contributed by atoms with Gasteiger partial charge in [-0.25, -0.2) is 4.68 Å². The van der Waals surface area contributed by atoms with Crippen LogP contribution in [0.5, 0.6) is 0 Å². The van der Waals surface area contributed by atoms with Crippen LogP contribution in [0.25, 0.3) is 5.69 Å². The van der Waals surface area contributed by atoms with E-state index in [1.807, 2.05) is 35.9 Å². The fourth-order valence-corrected chi connectivity index (χ4v) is 4.50. The predicted octanol–water partition coefficient (Wildman–Crippen LogP) is 2.62. The molecule has 1 unspecified atom stereocenters. The number of carbonyl (C=O) groups is 2. The van der Waals surface area contributed by atoms with E-state index in [1.54, 1.807) is 4.90 Å². The van der Waals surface area contributed by atoms with Crippen molar-refractivity contribution in [3.05, 3.63) is 46.8 Å². The highest BCUT2D eigenvalue weighted by molar-refractivity contribution is 5.95. The van der Waals surface area contributed by atoms with Gasteiger partial charge in [0.05, 0.1) is 12.3 Å². The van der Waals surface area contributed by atoms with E-state index in [2.05, 4.69) is 0 Å². The van der Waals surface area contributed by atoms with E-state index in [0.29, 0.717) is 18.7 Å². The molecule has 7 nitrogen and oxygen atoms in total. The van der Waals surface area contributed by atoms with Crippen molar-refractivity contribution in [2.45, 2.75) is 39.0 Å². The first kappa shape index (κ1) is 19.6. The lowest BCUT2D eigenvalue weighted by Gasteiger charge is -2.23. The smallest absolute Gasteiger partial charge is 0.313 e. The molecule has 154 valence electrons. The number of benzene rings is 1. The van der Waals surface area contributed by atoms with E-state index in [0.717, 1.165) is 42.6 Å². The maximum absolute atomic E-state index is 13.3. The van der Waals surface area contributed by atoms with Crippen LogP contribution in [-0.2, 0) is 22.4 Å². The SMILES string of the molecule is COCC1(C(=O)O)CCN(C(=O)c2nn(-c3ccc(C)cc3)c3c2CCCC3)C1. The van der Waals surface area contributed by atoms with Crippen molar-refractivity contribution in [2.75, 3.05) is 26.8 Å². The number of rotatable bonds is 5. The molecule has 0 radical (unpaired) electrons. The number of hydrogen-bond acceptors (Lipinski definition) is 4. The average molecular weight is 397 g/mol. The number of ether oxygens (including phenoxy) is 1. The Labute approximate surface area is 170 Å². The third-order valence-electron chi connectivity index (χ3n) is 6.18. The molecular formula is C22H27N3O4. The summed E-state index contributed by atoms with van der Waals surface area (Å²) in [5.41, 5.74) is 3.67. The molecule has 2 heterocycles. The second-order valence-corrected chi connectivity index (χ2v) is 8.22. The third-order valence-corrected chi connectivity index (χ3v) is 6.18. The summed E-state index contributed by atoms with van der Waals surface area (Å²) in [7, 11) is 1.49. The molecule has 0 bridgehead atoms. The number of aliphatic carboxylic acids is 1. The standard InChI is InChI=1S/C22H27N3O4/c1-15-7-9-16(10-8-15)25-18-6-4-3-5-17(18)19(23-25)20(26)24-12-11-22(13-24,14-29-2)21(27)28/h7-10H,3-6,11-14H2,1-2H3,(H,27,28). The molecule has 1 aliphatic carbocycles. The van der Waals surface area contributed by atoms with Gasteiger partial charge in [-0.05, 0) is 51.2 Å². The van der Waals surface area contributed by atoms with Crippen LogP contribution >= 0.6 is 0 Å². The van der Waals surface area contributed by atoms with Crippen molar-refractivity contribution in [1.82, 2.24) is 14.7 Å². The lowest BCUT2D eigenvalue weighted by molar-refractivity contribution is -0.151. The molecule has 1 aliphatic heterocycles. The Hall–Kier alpha value is -2.67. The van der Waals surface area contributed by atoms with Gasteiger partial charge in [-0.15, -0.1) is 0 Å². The van der Waals surface area contributed by atoms with Gasteiger partial charge in [-0.2, -0.15) is 5.10 Å². The number of aryl methyl sites for hydroxylation is 1. The fraction of sp³-hybridized carbons (Fsp3) is 0.500. The van der Waals surface area contributed by atoms with Crippen LogP contribution in [0.1, 0.15) is 46.6 Å². The van der Waals surface area contributed by atoms with Crippen molar-refractivity contribution < 1.29 is 19.4 Å². The molecule has 0 saturated carbocycles. The first-order chi connectivity index (χ1) is 13.9.